The van der Waals surface area contributed by atoms with E-state index in [-0.39, 0.29) is 5.41 Å². The molecule has 11 aromatic rings. The van der Waals surface area contributed by atoms with Crippen LogP contribution in [0.5, 0.6) is 0 Å². The highest BCUT2D eigenvalue weighted by Gasteiger charge is 2.41. The van der Waals surface area contributed by atoms with Gasteiger partial charge in [0.25, 0.3) is 0 Å². The zero-order chi connectivity index (χ0) is 39.1. The number of rotatable bonds is 5. The molecule has 0 fully saturated rings. The molecule has 1 aliphatic carbocycles. The van der Waals surface area contributed by atoms with Crippen molar-refractivity contribution >= 4 is 53.1 Å². The number of hydrogen-bond donors (Lipinski definition) is 0. The van der Waals surface area contributed by atoms with Crippen LogP contribution in [0.25, 0.3) is 97.9 Å². The van der Waals surface area contributed by atoms with E-state index in [2.05, 4.69) is 201 Å². The number of benzene rings is 9. The van der Waals surface area contributed by atoms with E-state index in [0.29, 0.717) is 5.82 Å². The van der Waals surface area contributed by atoms with E-state index in [1.165, 1.54) is 80.7 Å². The summed E-state index contributed by atoms with van der Waals surface area (Å²) in [4.78, 5) is 10.7. The van der Waals surface area contributed by atoms with E-state index in [9.17, 15) is 0 Å². The van der Waals surface area contributed by atoms with Crippen LogP contribution in [0.3, 0.4) is 0 Å². The summed E-state index contributed by atoms with van der Waals surface area (Å²) in [5, 5.41) is 7.72. The van der Waals surface area contributed by atoms with E-state index >= 15 is 0 Å². The third-order valence-electron chi connectivity index (χ3n) is 12.6. The predicted molar refractivity (Wildman–Crippen MR) is 249 cm³/mol. The molecule has 9 aromatic carbocycles. The summed E-state index contributed by atoms with van der Waals surface area (Å²) >= 11 is 1.88. The van der Waals surface area contributed by atoms with Gasteiger partial charge in [0.2, 0.25) is 0 Å². The fraction of sp³-hybridized carbons (Fsp3) is 0.0357. The Hall–Kier alpha value is -7.20. The minimum Gasteiger partial charge on any atom is -0.228 e. The molecule has 1 aliphatic rings. The lowest BCUT2D eigenvalue weighted by molar-refractivity contribution is 0.714. The molecule has 0 amide bonds. The Kier molecular flexibility index (Phi) is 7.57. The third kappa shape index (κ3) is 5.18. The molecule has 1 atom stereocenters. The molecular weight excluding hydrogens is 733 g/mol. The third-order valence-corrected chi connectivity index (χ3v) is 13.8. The van der Waals surface area contributed by atoms with Gasteiger partial charge < -0.3 is 0 Å². The first kappa shape index (κ1) is 33.9. The van der Waals surface area contributed by atoms with Gasteiger partial charge in [0, 0.05) is 47.8 Å². The smallest absolute Gasteiger partial charge is 0.160 e. The van der Waals surface area contributed by atoms with Crippen LogP contribution >= 0.6 is 11.3 Å². The summed E-state index contributed by atoms with van der Waals surface area (Å²) in [5.41, 5.74) is 13.4. The fourth-order valence-electron chi connectivity index (χ4n) is 9.73. The minimum absolute atomic E-state index is 0.307. The van der Waals surface area contributed by atoms with Crippen molar-refractivity contribution in [3.05, 3.63) is 217 Å². The van der Waals surface area contributed by atoms with Gasteiger partial charge in [-0.15, -0.1) is 11.3 Å². The molecule has 2 heterocycles. The molecule has 1 unspecified atom stereocenters. The van der Waals surface area contributed by atoms with Gasteiger partial charge in [-0.1, -0.05) is 176 Å². The van der Waals surface area contributed by atoms with Crippen molar-refractivity contribution in [2.75, 3.05) is 0 Å². The number of hydrogen-bond acceptors (Lipinski definition) is 3. The van der Waals surface area contributed by atoms with Gasteiger partial charge in [-0.25, -0.2) is 9.97 Å². The van der Waals surface area contributed by atoms with Crippen LogP contribution in [0, 0.1) is 0 Å². The quantitative estimate of drug-likeness (QED) is 0.163. The molecule has 0 saturated heterocycles. The first-order valence-electron chi connectivity index (χ1n) is 20.2. The predicted octanol–water partition coefficient (Wildman–Crippen LogP) is 15.2. The number of fused-ring (bicyclic) bond motifs is 10. The van der Waals surface area contributed by atoms with Crippen LogP contribution in [0.2, 0.25) is 0 Å². The Balaban J connectivity index is 1.09. The normalized spacial score (nSPS) is 14.6. The van der Waals surface area contributed by atoms with E-state index in [1.54, 1.807) is 0 Å². The van der Waals surface area contributed by atoms with Gasteiger partial charge >= 0.3 is 0 Å². The molecule has 2 nitrogen and oxygen atoms in total. The largest absolute Gasteiger partial charge is 0.228 e. The maximum absolute atomic E-state index is 5.37. The van der Waals surface area contributed by atoms with Crippen LogP contribution in [0.1, 0.15) is 23.6 Å². The summed E-state index contributed by atoms with van der Waals surface area (Å²) < 4.78 is 2.60. The Bertz CT molecular complexity index is 3460. The SMILES string of the molecule is CC1(c2ccccc2)c2ccccc2-c2c(-c3cc(-c4cccc(-c5cc6c7ccccc7ccc6c6c5sc5ccccc56)c4)nc(-c4ccccc4)n3)cccc21. The Morgan fingerprint density at radius 1 is 0.424 bits per heavy atom. The molecule has 0 radical (unpaired) electrons. The molecule has 2 aromatic heterocycles. The Labute approximate surface area is 346 Å². The zero-order valence-corrected chi connectivity index (χ0v) is 33.2. The van der Waals surface area contributed by atoms with Crippen molar-refractivity contribution in [1.82, 2.24) is 9.97 Å². The second-order valence-electron chi connectivity index (χ2n) is 15.8. The van der Waals surface area contributed by atoms with Crippen LogP contribution < -0.4 is 0 Å². The van der Waals surface area contributed by atoms with Crippen LogP contribution in [-0.2, 0) is 5.41 Å². The summed E-state index contributed by atoms with van der Waals surface area (Å²) in [7, 11) is 0. The Morgan fingerprint density at radius 3 is 1.97 bits per heavy atom. The summed E-state index contributed by atoms with van der Waals surface area (Å²) in [5.74, 6) is 0.710. The molecule has 0 spiro atoms. The van der Waals surface area contributed by atoms with Crippen molar-refractivity contribution < 1.29 is 0 Å². The molecule has 0 N–H and O–H groups in total. The van der Waals surface area contributed by atoms with E-state index in [4.69, 9.17) is 9.97 Å². The molecule has 0 bridgehead atoms. The van der Waals surface area contributed by atoms with Gasteiger partial charge in [-0.05, 0) is 86.1 Å². The maximum atomic E-state index is 5.37. The van der Waals surface area contributed by atoms with Crippen molar-refractivity contribution in [1.29, 1.82) is 0 Å². The molecule has 0 aliphatic heterocycles. The standard InChI is InChI=1S/C56H36N2S/c1-56(39-21-6-3-7-22-39)47-27-12-10-24-42(47)52-43(26-15-28-48(52)56)50-34-49(57-55(58-50)36-17-4-2-5-18-36)38-20-14-19-37(32-38)45-33-46-40-23-9-8-16-35(40)30-31-41(46)53-44-25-11-13-29-51(44)59-54(45)53/h2-34H,1H3. The van der Waals surface area contributed by atoms with Gasteiger partial charge in [-0.2, -0.15) is 0 Å². The first-order chi connectivity index (χ1) is 29.1. The van der Waals surface area contributed by atoms with Crippen molar-refractivity contribution in [3.8, 4) is 56.2 Å². The van der Waals surface area contributed by atoms with Gasteiger partial charge in [0.05, 0.1) is 11.4 Å². The van der Waals surface area contributed by atoms with Crippen LogP contribution in [0.15, 0.2) is 200 Å². The van der Waals surface area contributed by atoms with E-state index in [1.807, 2.05) is 17.4 Å². The highest BCUT2D eigenvalue weighted by molar-refractivity contribution is 7.26. The zero-order valence-electron chi connectivity index (χ0n) is 32.4. The monoisotopic (exact) mass is 768 g/mol. The first-order valence-corrected chi connectivity index (χ1v) is 21.1. The van der Waals surface area contributed by atoms with Crippen LogP contribution in [0.4, 0.5) is 0 Å². The molecule has 59 heavy (non-hydrogen) atoms. The van der Waals surface area contributed by atoms with Crippen molar-refractivity contribution in [3.63, 3.8) is 0 Å². The highest BCUT2D eigenvalue weighted by atomic mass is 32.1. The lowest BCUT2D eigenvalue weighted by atomic mass is 9.74. The summed E-state index contributed by atoms with van der Waals surface area (Å²) in [6, 6.07) is 72.7. The highest BCUT2D eigenvalue weighted by Crippen LogP contribution is 2.55. The lowest BCUT2D eigenvalue weighted by Crippen LogP contribution is -2.22. The fourth-order valence-corrected chi connectivity index (χ4v) is 11.0. The second kappa shape index (κ2) is 13.2. The van der Waals surface area contributed by atoms with Gasteiger partial charge in [0.1, 0.15) is 0 Å². The van der Waals surface area contributed by atoms with Crippen molar-refractivity contribution in [2.45, 2.75) is 12.3 Å². The average molecular weight is 769 g/mol. The molecule has 3 heteroatoms. The lowest BCUT2D eigenvalue weighted by Gasteiger charge is -2.28. The average Bonchev–Trinajstić information content (AvgIpc) is 3.83. The van der Waals surface area contributed by atoms with E-state index < -0.39 is 0 Å². The number of aromatic nitrogens is 2. The molecule has 12 rings (SSSR count). The minimum atomic E-state index is -0.307. The second-order valence-corrected chi connectivity index (χ2v) is 16.8. The Morgan fingerprint density at radius 2 is 1.08 bits per heavy atom. The number of thiophene rings is 1. The summed E-state index contributed by atoms with van der Waals surface area (Å²) in [6.45, 7) is 2.37. The molecule has 0 saturated carbocycles. The van der Waals surface area contributed by atoms with Gasteiger partial charge in [0.15, 0.2) is 5.82 Å². The van der Waals surface area contributed by atoms with E-state index in [0.717, 1.165) is 28.1 Å². The van der Waals surface area contributed by atoms with Crippen molar-refractivity contribution in [2.24, 2.45) is 0 Å². The molecular formula is C56H36N2S. The maximum Gasteiger partial charge on any atom is 0.160 e. The molecule has 276 valence electrons. The summed E-state index contributed by atoms with van der Waals surface area (Å²) in [6.07, 6.45) is 0. The number of nitrogens with zero attached hydrogens (tertiary/aromatic N) is 2. The van der Waals surface area contributed by atoms with Crippen LogP contribution in [-0.4, -0.2) is 9.97 Å². The topological polar surface area (TPSA) is 25.8 Å². The van der Waals surface area contributed by atoms with Gasteiger partial charge in [-0.3, -0.25) is 0 Å².